The minimum atomic E-state index is 0.402. The molecule has 3 heteroatoms. The summed E-state index contributed by atoms with van der Waals surface area (Å²) < 4.78 is 5.16. The van der Waals surface area contributed by atoms with Gasteiger partial charge in [-0.15, -0.1) is 11.8 Å². The molecule has 0 aliphatic heterocycles. The molecule has 0 spiro atoms. The zero-order valence-corrected chi connectivity index (χ0v) is 13.1. The van der Waals surface area contributed by atoms with Crippen molar-refractivity contribution >= 4 is 29.4 Å². The minimum Gasteiger partial charge on any atom is -0.497 e. The van der Waals surface area contributed by atoms with Gasteiger partial charge < -0.3 is 4.74 Å². The summed E-state index contributed by atoms with van der Waals surface area (Å²) >= 11 is 7.68. The van der Waals surface area contributed by atoms with Gasteiger partial charge in [0.05, 0.1) is 7.11 Å². The van der Waals surface area contributed by atoms with E-state index in [0.29, 0.717) is 5.25 Å². The highest BCUT2D eigenvalue weighted by Crippen LogP contribution is 2.26. The number of halogens is 1. The Morgan fingerprint density at radius 1 is 1.05 bits per heavy atom. The van der Waals surface area contributed by atoms with Crippen molar-refractivity contribution in [1.29, 1.82) is 0 Å². The van der Waals surface area contributed by atoms with Gasteiger partial charge in [-0.25, -0.2) is 0 Å². The van der Waals surface area contributed by atoms with E-state index in [1.54, 1.807) is 7.11 Å². The minimum absolute atomic E-state index is 0.402. The Bertz CT molecular complexity index is 561. The Hall–Kier alpha value is -1.38. The highest BCUT2D eigenvalue weighted by atomic mass is 35.5. The van der Waals surface area contributed by atoms with Crippen molar-refractivity contribution in [2.75, 3.05) is 7.11 Å². The first-order valence-electron chi connectivity index (χ1n) is 6.42. The van der Waals surface area contributed by atoms with Crippen LogP contribution in [-0.2, 0) is 0 Å². The highest BCUT2D eigenvalue weighted by molar-refractivity contribution is 8.00. The second kappa shape index (κ2) is 7.41. The third-order valence-corrected chi connectivity index (χ3v) is 4.14. The maximum Gasteiger partial charge on any atom is 0.118 e. The summed E-state index contributed by atoms with van der Waals surface area (Å²) in [5.41, 5.74) is 1.16. The summed E-state index contributed by atoms with van der Waals surface area (Å²) in [6, 6.07) is 16.0. The maximum atomic E-state index is 5.87. The number of methoxy groups -OCH3 is 1. The number of benzene rings is 2. The molecule has 0 unspecified atom stereocenters. The van der Waals surface area contributed by atoms with Gasteiger partial charge in [0.2, 0.25) is 0 Å². The van der Waals surface area contributed by atoms with Crippen LogP contribution in [0.1, 0.15) is 12.5 Å². The van der Waals surface area contributed by atoms with E-state index in [9.17, 15) is 0 Å². The lowest BCUT2D eigenvalue weighted by atomic mass is 10.2. The molecule has 104 valence electrons. The molecule has 0 aliphatic carbocycles. The summed E-state index contributed by atoms with van der Waals surface area (Å²) in [4.78, 5) is 1.24. The average Bonchev–Trinajstić information content (AvgIpc) is 2.47. The Kier molecular flexibility index (Phi) is 5.57. The standard InChI is InChI=1S/C17H17ClOS/c1-13(3-4-14-5-7-15(18)8-6-14)20-17-11-9-16(19-2)10-12-17/h3-13H,1-2H3/b4-3+/t13-/m0/s1. The van der Waals surface area contributed by atoms with E-state index in [0.717, 1.165) is 16.3 Å². The smallest absolute Gasteiger partial charge is 0.118 e. The quantitative estimate of drug-likeness (QED) is 0.670. The molecule has 0 aromatic heterocycles. The predicted molar refractivity (Wildman–Crippen MR) is 88.8 cm³/mol. The van der Waals surface area contributed by atoms with Crippen LogP contribution in [-0.4, -0.2) is 12.4 Å². The van der Waals surface area contributed by atoms with Crippen LogP contribution in [0.15, 0.2) is 59.5 Å². The molecule has 0 N–H and O–H groups in total. The first-order valence-corrected chi connectivity index (χ1v) is 7.67. The average molecular weight is 305 g/mol. The van der Waals surface area contributed by atoms with Gasteiger partial charge in [0.15, 0.2) is 0 Å². The third kappa shape index (κ3) is 4.62. The van der Waals surface area contributed by atoms with E-state index < -0.39 is 0 Å². The fourth-order valence-corrected chi connectivity index (χ4v) is 2.73. The number of hydrogen-bond donors (Lipinski definition) is 0. The monoisotopic (exact) mass is 304 g/mol. The molecule has 0 saturated carbocycles. The van der Waals surface area contributed by atoms with Crippen LogP contribution in [0.25, 0.3) is 6.08 Å². The molecule has 2 aromatic rings. The van der Waals surface area contributed by atoms with Gasteiger partial charge in [-0.3, -0.25) is 0 Å². The van der Waals surface area contributed by atoms with Crippen LogP contribution >= 0.6 is 23.4 Å². The summed E-state index contributed by atoms with van der Waals surface area (Å²) in [5, 5.41) is 1.17. The van der Waals surface area contributed by atoms with E-state index in [2.05, 4.69) is 31.2 Å². The molecule has 0 fully saturated rings. The lowest BCUT2D eigenvalue weighted by Gasteiger charge is -2.07. The van der Waals surface area contributed by atoms with Gasteiger partial charge in [-0.05, 0) is 48.9 Å². The van der Waals surface area contributed by atoms with E-state index in [1.165, 1.54) is 4.90 Å². The topological polar surface area (TPSA) is 9.23 Å². The summed E-state index contributed by atoms with van der Waals surface area (Å²) in [7, 11) is 1.68. The number of thioether (sulfide) groups is 1. The molecular formula is C17H17ClOS. The lowest BCUT2D eigenvalue weighted by molar-refractivity contribution is 0.414. The van der Waals surface area contributed by atoms with Gasteiger partial charge >= 0.3 is 0 Å². The van der Waals surface area contributed by atoms with Crippen molar-refractivity contribution < 1.29 is 4.74 Å². The summed E-state index contributed by atoms with van der Waals surface area (Å²) in [6.45, 7) is 2.18. The van der Waals surface area contributed by atoms with Gasteiger partial charge in [0, 0.05) is 15.2 Å². The van der Waals surface area contributed by atoms with E-state index in [-0.39, 0.29) is 0 Å². The first-order chi connectivity index (χ1) is 9.67. The van der Waals surface area contributed by atoms with E-state index in [4.69, 9.17) is 16.3 Å². The van der Waals surface area contributed by atoms with Crippen molar-refractivity contribution in [2.24, 2.45) is 0 Å². The van der Waals surface area contributed by atoms with Gasteiger partial charge in [0.25, 0.3) is 0 Å². The van der Waals surface area contributed by atoms with Crippen molar-refractivity contribution in [3.05, 3.63) is 65.2 Å². The first kappa shape index (κ1) is 15.0. The third-order valence-electron chi connectivity index (χ3n) is 2.81. The van der Waals surface area contributed by atoms with Crippen molar-refractivity contribution in [2.45, 2.75) is 17.1 Å². The molecule has 20 heavy (non-hydrogen) atoms. The Labute approximate surface area is 129 Å². The molecule has 0 amide bonds. The van der Waals surface area contributed by atoms with Gasteiger partial charge in [-0.1, -0.05) is 35.9 Å². The highest BCUT2D eigenvalue weighted by Gasteiger charge is 2.01. The molecule has 2 aromatic carbocycles. The van der Waals surface area contributed by atoms with Crippen LogP contribution in [0.3, 0.4) is 0 Å². The maximum absolute atomic E-state index is 5.87. The molecule has 0 bridgehead atoms. The number of hydrogen-bond acceptors (Lipinski definition) is 2. The zero-order chi connectivity index (χ0) is 14.4. The molecule has 2 rings (SSSR count). The SMILES string of the molecule is COc1ccc(S[C@@H](C)/C=C/c2ccc(Cl)cc2)cc1. The van der Waals surface area contributed by atoms with Crippen LogP contribution in [0, 0.1) is 0 Å². The Morgan fingerprint density at radius 2 is 1.70 bits per heavy atom. The summed E-state index contributed by atoms with van der Waals surface area (Å²) in [6.07, 6.45) is 4.32. The van der Waals surface area contributed by atoms with Gasteiger partial charge in [0.1, 0.15) is 5.75 Å². The van der Waals surface area contributed by atoms with Crippen molar-refractivity contribution in [3.8, 4) is 5.75 Å². The normalized spacial score (nSPS) is 12.6. The number of rotatable bonds is 5. The second-order valence-corrected chi connectivity index (χ2v) is 6.30. The lowest BCUT2D eigenvalue weighted by Crippen LogP contribution is -1.89. The fourth-order valence-electron chi connectivity index (χ4n) is 1.73. The van der Waals surface area contributed by atoms with Gasteiger partial charge in [-0.2, -0.15) is 0 Å². The second-order valence-electron chi connectivity index (χ2n) is 4.41. The van der Waals surface area contributed by atoms with Crippen molar-refractivity contribution in [1.82, 2.24) is 0 Å². The van der Waals surface area contributed by atoms with Crippen LogP contribution in [0.4, 0.5) is 0 Å². The molecule has 0 radical (unpaired) electrons. The van der Waals surface area contributed by atoms with Crippen LogP contribution < -0.4 is 4.74 Å². The Morgan fingerprint density at radius 3 is 2.30 bits per heavy atom. The molecule has 0 saturated heterocycles. The predicted octanol–water partition coefficient (Wildman–Crippen LogP) is 5.54. The largest absolute Gasteiger partial charge is 0.497 e. The molecule has 1 nitrogen and oxygen atoms in total. The molecule has 0 heterocycles. The fraction of sp³-hybridized carbons (Fsp3) is 0.176. The molecular weight excluding hydrogens is 288 g/mol. The van der Waals surface area contributed by atoms with E-state index >= 15 is 0 Å². The molecule has 1 atom stereocenters. The zero-order valence-electron chi connectivity index (χ0n) is 11.5. The summed E-state index contributed by atoms with van der Waals surface area (Å²) in [5.74, 6) is 0.888. The number of ether oxygens (including phenoxy) is 1. The molecule has 0 aliphatic rings. The van der Waals surface area contributed by atoms with Crippen LogP contribution in [0.5, 0.6) is 5.75 Å². The Balaban J connectivity index is 1.94. The van der Waals surface area contributed by atoms with Crippen molar-refractivity contribution in [3.63, 3.8) is 0 Å². The van der Waals surface area contributed by atoms with Crippen LogP contribution in [0.2, 0.25) is 5.02 Å². The van der Waals surface area contributed by atoms with E-state index in [1.807, 2.05) is 48.2 Å².